The molecule has 0 saturated carbocycles. The van der Waals surface area contributed by atoms with Crippen molar-refractivity contribution in [3.63, 3.8) is 0 Å². The number of rotatable bonds is 4. The first-order valence-corrected chi connectivity index (χ1v) is 9.29. The Hall–Kier alpha value is -3.52. The second kappa shape index (κ2) is 7.48. The van der Waals surface area contributed by atoms with E-state index >= 15 is 0 Å². The van der Waals surface area contributed by atoms with E-state index in [0.29, 0.717) is 23.6 Å². The molecular weight excluding hydrogens is 371 g/mol. The Morgan fingerprint density at radius 2 is 1.97 bits per heavy atom. The summed E-state index contributed by atoms with van der Waals surface area (Å²) in [5.74, 6) is 1.10. The molecule has 0 spiro atoms. The summed E-state index contributed by atoms with van der Waals surface area (Å²) in [4.78, 5) is 19.5. The summed E-state index contributed by atoms with van der Waals surface area (Å²) in [5.41, 5.74) is 4.30. The molecule has 0 saturated heterocycles. The summed E-state index contributed by atoms with van der Waals surface area (Å²) >= 11 is 0. The van der Waals surface area contributed by atoms with Crippen molar-refractivity contribution in [2.45, 2.75) is 19.5 Å². The van der Waals surface area contributed by atoms with Gasteiger partial charge in [-0.15, -0.1) is 0 Å². The number of fused-ring (bicyclic) bond motifs is 1. The third-order valence-electron chi connectivity index (χ3n) is 4.89. The monoisotopic (exact) mass is 388 g/mol. The molecule has 0 unspecified atom stereocenters. The van der Waals surface area contributed by atoms with E-state index in [1.54, 1.807) is 18.5 Å². The Balaban J connectivity index is 1.29. The highest BCUT2D eigenvalue weighted by atomic mass is 19.1. The number of aromatic nitrogens is 5. The van der Waals surface area contributed by atoms with E-state index in [4.69, 9.17) is 4.52 Å². The fourth-order valence-corrected chi connectivity index (χ4v) is 3.45. The van der Waals surface area contributed by atoms with Gasteiger partial charge in [-0.25, -0.2) is 24.3 Å². The maximum Gasteiger partial charge on any atom is 0.162 e. The van der Waals surface area contributed by atoms with Gasteiger partial charge in [0.25, 0.3) is 0 Å². The molecule has 8 heteroatoms. The lowest BCUT2D eigenvalue weighted by molar-refractivity contribution is 0.213. The minimum Gasteiger partial charge on any atom is -0.359 e. The number of nitrogens with zero attached hydrogens (tertiary/aromatic N) is 6. The SMILES string of the molecule is Fc1cccc(-c2cc(CN3CCc4nc(-c5cncnc5)ncc4C3)on2)c1. The maximum absolute atomic E-state index is 13.4. The summed E-state index contributed by atoms with van der Waals surface area (Å²) in [6, 6.07) is 8.20. The highest BCUT2D eigenvalue weighted by Gasteiger charge is 2.20. The first kappa shape index (κ1) is 17.6. The van der Waals surface area contributed by atoms with E-state index in [2.05, 4.69) is 30.0 Å². The number of hydrogen-bond acceptors (Lipinski definition) is 7. The van der Waals surface area contributed by atoms with E-state index < -0.39 is 0 Å². The van der Waals surface area contributed by atoms with Crippen molar-refractivity contribution in [3.05, 3.63) is 78.1 Å². The second-order valence-electron chi connectivity index (χ2n) is 6.94. The molecule has 1 aliphatic heterocycles. The molecule has 0 atom stereocenters. The predicted molar refractivity (Wildman–Crippen MR) is 103 cm³/mol. The van der Waals surface area contributed by atoms with E-state index in [1.807, 2.05) is 18.3 Å². The highest BCUT2D eigenvalue weighted by molar-refractivity contribution is 5.58. The van der Waals surface area contributed by atoms with Crippen LogP contribution in [0, 0.1) is 5.82 Å². The lowest BCUT2D eigenvalue weighted by Crippen LogP contribution is -2.30. The van der Waals surface area contributed by atoms with Crippen LogP contribution in [-0.4, -0.2) is 36.5 Å². The third-order valence-corrected chi connectivity index (χ3v) is 4.89. The van der Waals surface area contributed by atoms with Crippen molar-refractivity contribution < 1.29 is 8.91 Å². The zero-order valence-electron chi connectivity index (χ0n) is 15.5. The van der Waals surface area contributed by atoms with Crippen LogP contribution in [0.5, 0.6) is 0 Å². The third kappa shape index (κ3) is 3.74. The molecule has 0 N–H and O–H groups in total. The minimum absolute atomic E-state index is 0.291. The van der Waals surface area contributed by atoms with Gasteiger partial charge in [0.2, 0.25) is 0 Å². The first-order valence-electron chi connectivity index (χ1n) is 9.29. The van der Waals surface area contributed by atoms with Gasteiger partial charge in [0.05, 0.1) is 17.8 Å². The largest absolute Gasteiger partial charge is 0.359 e. The summed E-state index contributed by atoms with van der Waals surface area (Å²) in [6.45, 7) is 2.21. The molecule has 4 heterocycles. The highest BCUT2D eigenvalue weighted by Crippen LogP contribution is 2.24. The molecule has 4 aromatic rings. The molecule has 144 valence electrons. The normalized spacial score (nSPS) is 14.0. The molecule has 7 nitrogen and oxygen atoms in total. The summed E-state index contributed by atoms with van der Waals surface area (Å²) in [7, 11) is 0. The van der Waals surface area contributed by atoms with Crippen LogP contribution >= 0.6 is 0 Å². The number of hydrogen-bond donors (Lipinski definition) is 0. The Labute approximate surface area is 166 Å². The van der Waals surface area contributed by atoms with Crippen molar-refractivity contribution in [3.8, 4) is 22.6 Å². The Bertz CT molecular complexity index is 1150. The van der Waals surface area contributed by atoms with Gasteiger partial charge in [0.1, 0.15) is 17.8 Å². The molecule has 5 rings (SSSR count). The van der Waals surface area contributed by atoms with Gasteiger partial charge in [0, 0.05) is 55.3 Å². The average molecular weight is 388 g/mol. The number of benzene rings is 1. The molecule has 29 heavy (non-hydrogen) atoms. The lowest BCUT2D eigenvalue weighted by atomic mass is 10.1. The quantitative estimate of drug-likeness (QED) is 0.531. The molecular formula is C21H17FN6O. The van der Waals surface area contributed by atoms with Gasteiger partial charge in [-0.2, -0.15) is 0 Å². The minimum atomic E-state index is -0.291. The Morgan fingerprint density at radius 3 is 2.83 bits per heavy atom. The Kier molecular flexibility index (Phi) is 4.53. The predicted octanol–water partition coefficient (Wildman–Crippen LogP) is 3.29. The van der Waals surface area contributed by atoms with Crippen molar-refractivity contribution in [1.82, 2.24) is 30.0 Å². The van der Waals surface area contributed by atoms with Gasteiger partial charge < -0.3 is 4.52 Å². The molecule has 0 fully saturated rings. The van der Waals surface area contributed by atoms with Crippen LogP contribution < -0.4 is 0 Å². The van der Waals surface area contributed by atoms with Gasteiger partial charge in [-0.1, -0.05) is 17.3 Å². The summed E-state index contributed by atoms with van der Waals surface area (Å²) in [6.07, 6.45) is 7.61. The second-order valence-corrected chi connectivity index (χ2v) is 6.94. The van der Waals surface area contributed by atoms with E-state index in [0.717, 1.165) is 42.1 Å². The summed E-state index contributed by atoms with van der Waals surface area (Å²) in [5, 5.41) is 4.08. The molecule has 1 aromatic carbocycles. The topological polar surface area (TPSA) is 80.8 Å². The van der Waals surface area contributed by atoms with Crippen LogP contribution in [-0.2, 0) is 19.5 Å². The molecule has 1 aliphatic rings. The van der Waals surface area contributed by atoms with Crippen LogP contribution in [0.15, 0.2) is 59.8 Å². The van der Waals surface area contributed by atoms with Gasteiger partial charge in [-0.3, -0.25) is 4.90 Å². The van der Waals surface area contributed by atoms with Crippen molar-refractivity contribution in [2.75, 3.05) is 6.54 Å². The number of halogens is 1. The molecule has 0 bridgehead atoms. The molecule has 0 aliphatic carbocycles. The van der Waals surface area contributed by atoms with E-state index in [1.165, 1.54) is 18.5 Å². The molecule has 0 radical (unpaired) electrons. The van der Waals surface area contributed by atoms with Gasteiger partial charge >= 0.3 is 0 Å². The van der Waals surface area contributed by atoms with Crippen molar-refractivity contribution >= 4 is 0 Å². The fourth-order valence-electron chi connectivity index (χ4n) is 3.45. The van der Waals surface area contributed by atoms with Crippen LogP contribution in [0.25, 0.3) is 22.6 Å². The lowest BCUT2D eigenvalue weighted by Gasteiger charge is -2.26. The van der Waals surface area contributed by atoms with Crippen molar-refractivity contribution in [2.24, 2.45) is 0 Å². The molecule has 3 aromatic heterocycles. The van der Waals surface area contributed by atoms with Gasteiger partial charge in [0.15, 0.2) is 11.6 Å². The fraction of sp³-hybridized carbons (Fsp3) is 0.190. The molecule has 0 amide bonds. The first-order chi connectivity index (χ1) is 14.2. The van der Waals surface area contributed by atoms with Crippen molar-refractivity contribution in [1.29, 1.82) is 0 Å². The van der Waals surface area contributed by atoms with E-state index in [-0.39, 0.29) is 5.82 Å². The zero-order valence-corrected chi connectivity index (χ0v) is 15.5. The Morgan fingerprint density at radius 1 is 1.07 bits per heavy atom. The van der Waals surface area contributed by atoms with Gasteiger partial charge in [-0.05, 0) is 12.1 Å². The average Bonchev–Trinajstić information content (AvgIpc) is 3.22. The standard InChI is InChI=1S/C21H17FN6O/c22-17-3-1-2-14(6-17)20-7-18(29-27-20)12-28-5-4-19-16(11-28)10-25-21(26-19)15-8-23-13-24-9-15/h1-3,6-10,13H,4-5,11-12H2. The van der Waals surface area contributed by atoms with Crippen LogP contribution in [0.3, 0.4) is 0 Å². The van der Waals surface area contributed by atoms with Crippen LogP contribution in [0.4, 0.5) is 4.39 Å². The van der Waals surface area contributed by atoms with Crippen LogP contribution in [0.1, 0.15) is 17.0 Å². The smallest absolute Gasteiger partial charge is 0.162 e. The van der Waals surface area contributed by atoms with E-state index in [9.17, 15) is 4.39 Å². The maximum atomic E-state index is 13.4. The zero-order chi connectivity index (χ0) is 19.6. The van der Waals surface area contributed by atoms with Crippen LogP contribution in [0.2, 0.25) is 0 Å². The summed E-state index contributed by atoms with van der Waals surface area (Å²) < 4.78 is 18.9.